The first-order chi connectivity index (χ1) is 9.10. The normalized spacial score (nSPS) is 10.3. The number of aryl methyl sites for hydroxylation is 1. The molecule has 0 fully saturated rings. The number of rotatable bonds is 3. The maximum atomic E-state index is 8.80. The molecule has 2 aromatic rings. The molecule has 4 nitrogen and oxygen atoms in total. The molecule has 0 amide bonds. The molecule has 0 aliphatic rings. The molecule has 0 aliphatic carbocycles. The summed E-state index contributed by atoms with van der Waals surface area (Å²) in [6, 6.07) is 9.79. The third kappa shape index (κ3) is 3.08. The van der Waals surface area contributed by atoms with E-state index in [0.717, 1.165) is 11.3 Å². The van der Waals surface area contributed by atoms with Crippen LogP contribution in [0.2, 0.25) is 0 Å². The molecule has 0 spiro atoms. The standard InChI is InChI=1S/C15H15N3O/c1-10(2)12-5-4-11(3)14(8-12)19-15-17-7-6-13(9-16)18-15/h4-8,10H,1-3H3. The number of nitrogens with zero attached hydrogens (tertiary/aromatic N) is 3. The van der Waals surface area contributed by atoms with Crippen LogP contribution in [0, 0.1) is 18.3 Å². The van der Waals surface area contributed by atoms with Gasteiger partial charge in [0.2, 0.25) is 0 Å². The smallest absolute Gasteiger partial charge is 0.323 e. The number of benzene rings is 1. The van der Waals surface area contributed by atoms with Crippen LogP contribution in [0.5, 0.6) is 11.8 Å². The molecule has 0 bridgehead atoms. The third-order valence-corrected chi connectivity index (χ3v) is 2.83. The topological polar surface area (TPSA) is 58.8 Å². The van der Waals surface area contributed by atoms with Crippen molar-refractivity contribution in [2.45, 2.75) is 26.7 Å². The van der Waals surface area contributed by atoms with Crippen molar-refractivity contribution in [1.82, 2.24) is 9.97 Å². The first kappa shape index (κ1) is 13.0. The first-order valence-corrected chi connectivity index (χ1v) is 6.11. The maximum absolute atomic E-state index is 8.80. The lowest BCUT2D eigenvalue weighted by Gasteiger charge is -2.11. The molecule has 4 heteroatoms. The van der Waals surface area contributed by atoms with Crippen molar-refractivity contribution in [3.63, 3.8) is 0 Å². The second kappa shape index (κ2) is 5.49. The Kier molecular flexibility index (Phi) is 3.76. The molecule has 1 heterocycles. The minimum Gasteiger partial charge on any atom is -0.424 e. The summed E-state index contributed by atoms with van der Waals surface area (Å²) in [4.78, 5) is 8.02. The highest BCUT2D eigenvalue weighted by Crippen LogP contribution is 2.27. The fourth-order valence-electron chi connectivity index (χ4n) is 1.64. The lowest BCUT2D eigenvalue weighted by molar-refractivity contribution is 0.437. The lowest BCUT2D eigenvalue weighted by atomic mass is 10.0. The third-order valence-electron chi connectivity index (χ3n) is 2.83. The second-order valence-corrected chi connectivity index (χ2v) is 4.62. The van der Waals surface area contributed by atoms with Crippen molar-refractivity contribution in [2.75, 3.05) is 0 Å². The Morgan fingerprint density at radius 1 is 1.26 bits per heavy atom. The van der Waals surface area contributed by atoms with Crippen LogP contribution in [0.25, 0.3) is 0 Å². The Balaban J connectivity index is 2.32. The van der Waals surface area contributed by atoms with Crippen LogP contribution >= 0.6 is 0 Å². The zero-order chi connectivity index (χ0) is 13.8. The molecular formula is C15H15N3O. The molecule has 0 saturated heterocycles. The van der Waals surface area contributed by atoms with E-state index in [1.807, 2.05) is 25.1 Å². The minimum absolute atomic E-state index is 0.197. The van der Waals surface area contributed by atoms with E-state index >= 15 is 0 Å². The summed E-state index contributed by atoms with van der Waals surface area (Å²) < 4.78 is 5.67. The molecule has 0 aliphatic heterocycles. The van der Waals surface area contributed by atoms with Crippen LogP contribution < -0.4 is 4.74 Å². The first-order valence-electron chi connectivity index (χ1n) is 6.11. The number of aromatic nitrogens is 2. The van der Waals surface area contributed by atoms with Crippen LogP contribution in [-0.2, 0) is 0 Å². The second-order valence-electron chi connectivity index (χ2n) is 4.62. The average Bonchev–Trinajstić information content (AvgIpc) is 2.41. The van der Waals surface area contributed by atoms with Gasteiger partial charge in [0.1, 0.15) is 17.5 Å². The molecule has 0 N–H and O–H groups in total. The Morgan fingerprint density at radius 3 is 2.74 bits per heavy atom. The minimum atomic E-state index is 0.197. The fourth-order valence-corrected chi connectivity index (χ4v) is 1.64. The van der Waals surface area contributed by atoms with Gasteiger partial charge in [-0.25, -0.2) is 4.98 Å². The van der Waals surface area contributed by atoms with Crippen LogP contribution in [0.1, 0.15) is 36.6 Å². The van der Waals surface area contributed by atoms with Crippen LogP contribution in [0.3, 0.4) is 0 Å². The quantitative estimate of drug-likeness (QED) is 0.839. The van der Waals surface area contributed by atoms with Gasteiger partial charge in [-0.1, -0.05) is 26.0 Å². The molecule has 2 rings (SSSR count). The lowest BCUT2D eigenvalue weighted by Crippen LogP contribution is -1.96. The zero-order valence-electron chi connectivity index (χ0n) is 11.2. The molecule has 0 unspecified atom stereocenters. The predicted molar refractivity (Wildman–Crippen MR) is 72.1 cm³/mol. The highest BCUT2D eigenvalue weighted by Gasteiger charge is 2.08. The largest absolute Gasteiger partial charge is 0.424 e. The van der Waals surface area contributed by atoms with E-state index in [9.17, 15) is 0 Å². The van der Waals surface area contributed by atoms with Crippen molar-refractivity contribution in [1.29, 1.82) is 5.26 Å². The van der Waals surface area contributed by atoms with E-state index in [1.54, 1.807) is 6.07 Å². The van der Waals surface area contributed by atoms with Gasteiger partial charge in [0.25, 0.3) is 0 Å². The Hall–Kier alpha value is -2.41. The Labute approximate surface area is 112 Å². The van der Waals surface area contributed by atoms with Gasteiger partial charge < -0.3 is 4.74 Å². The Morgan fingerprint density at radius 2 is 2.05 bits per heavy atom. The molecule has 0 radical (unpaired) electrons. The number of hydrogen-bond acceptors (Lipinski definition) is 4. The molecule has 19 heavy (non-hydrogen) atoms. The van der Waals surface area contributed by atoms with E-state index in [1.165, 1.54) is 11.8 Å². The van der Waals surface area contributed by atoms with Crippen LogP contribution in [0.15, 0.2) is 30.5 Å². The molecular weight excluding hydrogens is 238 g/mol. The number of ether oxygens (including phenoxy) is 1. The van der Waals surface area contributed by atoms with E-state index in [0.29, 0.717) is 11.6 Å². The van der Waals surface area contributed by atoms with E-state index in [-0.39, 0.29) is 6.01 Å². The molecule has 1 aromatic heterocycles. The molecule has 96 valence electrons. The van der Waals surface area contributed by atoms with Gasteiger partial charge in [-0.05, 0) is 36.1 Å². The summed E-state index contributed by atoms with van der Waals surface area (Å²) in [6.07, 6.45) is 1.52. The Bertz CT molecular complexity index is 630. The van der Waals surface area contributed by atoms with Crippen molar-refractivity contribution in [3.05, 3.63) is 47.3 Å². The predicted octanol–water partition coefficient (Wildman–Crippen LogP) is 3.57. The van der Waals surface area contributed by atoms with Gasteiger partial charge in [-0.15, -0.1) is 0 Å². The summed E-state index contributed by atoms with van der Waals surface area (Å²) in [5.74, 6) is 1.15. The van der Waals surface area contributed by atoms with Crippen LogP contribution in [0.4, 0.5) is 0 Å². The highest BCUT2D eigenvalue weighted by molar-refractivity contribution is 5.39. The highest BCUT2D eigenvalue weighted by atomic mass is 16.5. The fraction of sp³-hybridized carbons (Fsp3) is 0.267. The van der Waals surface area contributed by atoms with Crippen molar-refractivity contribution in [3.8, 4) is 17.8 Å². The van der Waals surface area contributed by atoms with E-state index in [2.05, 4.69) is 29.9 Å². The van der Waals surface area contributed by atoms with Gasteiger partial charge in [0.05, 0.1) is 0 Å². The van der Waals surface area contributed by atoms with Crippen molar-refractivity contribution in [2.24, 2.45) is 0 Å². The van der Waals surface area contributed by atoms with Crippen molar-refractivity contribution < 1.29 is 4.74 Å². The summed E-state index contributed by atoms with van der Waals surface area (Å²) in [6.45, 7) is 6.22. The van der Waals surface area contributed by atoms with E-state index < -0.39 is 0 Å². The summed E-state index contributed by atoms with van der Waals surface area (Å²) in [5.41, 5.74) is 2.50. The molecule has 1 aromatic carbocycles. The average molecular weight is 253 g/mol. The monoisotopic (exact) mass is 253 g/mol. The van der Waals surface area contributed by atoms with Gasteiger partial charge in [0, 0.05) is 6.20 Å². The van der Waals surface area contributed by atoms with Crippen LogP contribution in [-0.4, -0.2) is 9.97 Å². The number of hydrogen-bond donors (Lipinski definition) is 0. The van der Waals surface area contributed by atoms with Gasteiger partial charge in [-0.3, -0.25) is 0 Å². The van der Waals surface area contributed by atoms with Gasteiger partial charge >= 0.3 is 6.01 Å². The van der Waals surface area contributed by atoms with Crippen molar-refractivity contribution >= 4 is 0 Å². The zero-order valence-corrected chi connectivity index (χ0v) is 11.2. The number of nitriles is 1. The molecule has 0 atom stereocenters. The van der Waals surface area contributed by atoms with Gasteiger partial charge in [-0.2, -0.15) is 10.2 Å². The van der Waals surface area contributed by atoms with Gasteiger partial charge in [0.15, 0.2) is 0 Å². The summed E-state index contributed by atoms with van der Waals surface area (Å²) >= 11 is 0. The van der Waals surface area contributed by atoms with E-state index in [4.69, 9.17) is 10.00 Å². The maximum Gasteiger partial charge on any atom is 0.323 e. The molecule has 0 saturated carbocycles. The summed E-state index contributed by atoms with van der Waals surface area (Å²) in [7, 11) is 0. The summed E-state index contributed by atoms with van der Waals surface area (Å²) in [5, 5.41) is 8.80. The SMILES string of the molecule is Cc1ccc(C(C)C)cc1Oc1nccc(C#N)n1.